The number of aliphatic carboxylic acids is 1. The van der Waals surface area contributed by atoms with Crippen LogP contribution in [-0.2, 0) is 14.8 Å². The zero-order valence-corrected chi connectivity index (χ0v) is 6.81. The van der Waals surface area contributed by atoms with E-state index in [4.69, 9.17) is 5.11 Å². The first kappa shape index (κ1) is 11.2. The van der Waals surface area contributed by atoms with Crippen LogP contribution in [-0.4, -0.2) is 31.3 Å². The van der Waals surface area contributed by atoms with Crippen molar-refractivity contribution in [2.75, 3.05) is 0 Å². The van der Waals surface area contributed by atoms with Crippen LogP contribution in [0.4, 0.5) is 8.78 Å². The summed E-state index contributed by atoms with van der Waals surface area (Å²) in [7, 11) is -4.81. The summed E-state index contributed by atoms with van der Waals surface area (Å²) in [5.74, 6) is -5.13. The van der Waals surface area contributed by atoms with E-state index < -0.39 is 27.8 Å². The molecule has 0 aliphatic heterocycles. The third-order valence-electron chi connectivity index (χ3n) is 0.946. The molecule has 0 aromatic rings. The van der Waals surface area contributed by atoms with Crippen LogP contribution in [0, 0.1) is 0 Å². The predicted molar refractivity (Wildman–Crippen MR) is 35.2 cm³/mol. The zero-order chi connectivity index (χ0) is 9.94. The molecule has 0 rings (SSSR count). The molecule has 0 aliphatic carbocycles. The Hall–Kier alpha value is -0.760. The molecule has 0 radical (unpaired) electrons. The van der Waals surface area contributed by atoms with E-state index in [2.05, 4.69) is 0 Å². The molecule has 8 heteroatoms. The van der Waals surface area contributed by atoms with Crippen molar-refractivity contribution in [2.45, 2.75) is 18.7 Å². The van der Waals surface area contributed by atoms with Gasteiger partial charge in [0.05, 0.1) is 0 Å². The largest absolute Gasteiger partial charge is 0.480 e. The Morgan fingerprint density at radius 3 is 2.17 bits per heavy atom. The summed E-state index contributed by atoms with van der Waals surface area (Å²) < 4.78 is 45.1. The number of hydrogen-bond donors (Lipinski definition) is 2. The molecule has 2 N–H and O–H groups in total. The maximum atomic E-state index is 11.6. The van der Waals surface area contributed by atoms with Crippen molar-refractivity contribution in [3.63, 3.8) is 0 Å². The maximum Gasteiger partial charge on any atom is 0.350 e. The van der Waals surface area contributed by atoms with Crippen molar-refractivity contribution in [3.05, 3.63) is 0 Å². The molecule has 1 atom stereocenters. The highest BCUT2D eigenvalue weighted by Gasteiger charge is 2.27. The van der Waals surface area contributed by atoms with Crippen molar-refractivity contribution in [3.8, 4) is 0 Å². The van der Waals surface area contributed by atoms with E-state index in [1.807, 2.05) is 0 Å². The molecule has 0 saturated carbocycles. The molecule has 0 aromatic heterocycles. The Kier molecular flexibility index (Phi) is 3.53. The molecular formula is C4H7F2NO4S. The van der Waals surface area contributed by atoms with Gasteiger partial charge in [0, 0.05) is 0 Å². The molecule has 0 fully saturated rings. The minimum atomic E-state index is -4.81. The Morgan fingerprint density at radius 1 is 1.50 bits per heavy atom. The van der Waals surface area contributed by atoms with Crippen molar-refractivity contribution < 1.29 is 27.1 Å². The van der Waals surface area contributed by atoms with Gasteiger partial charge in [-0.15, -0.1) is 0 Å². The van der Waals surface area contributed by atoms with Gasteiger partial charge < -0.3 is 5.11 Å². The number of nitrogens with one attached hydrogen (secondary N) is 1. The summed E-state index contributed by atoms with van der Waals surface area (Å²) in [5, 5.41) is 8.16. The van der Waals surface area contributed by atoms with Crippen LogP contribution in [0.2, 0.25) is 0 Å². The minimum absolute atomic E-state index is 0.947. The minimum Gasteiger partial charge on any atom is -0.480 e. The number of halogens is 2. The normalized spacial score (nSPS) is 14.7. The number of rotatable bonds is 4. The molecule has 0 spiro atoms. The van der Waals surface area contributed by atoms with Crippen molar-refractivity contribution in [2.24, 2.45) is 0 Å². The van der Waals surface area contributed by atoms with E-state index in [0.717, 1.165) is 6.92 Å². The van der Waals surface area contributed by atoms with Gasteiger partial charge in [-0.05, 0) is 6.92 Å². The Labute approximate surface area is 67.4 Å². The van der Waals surface area contributed by atoms with Crippen LogP contribution in [0.15, 0.2) is 0 Å². The topological polar surface area (TPSA) is 83.5 Å². The van der Waals surface area contributed by atoms with Crippen LogP contribution >= 0.6 is 0 Å². The number of carboxylic acid groups (broad SMARTS) is 1. The quantitative estimate of drug-likeness (QED) is 0.651. The summed E-state index contributed by atoms with van der Waals surface area (Å²) in [6.45, 7) is 0.947. The summed E-state index contributed by atoms with van der Waals surface area (Å²) in [6.07, 6.45) is 0. The molecule has 0 unspecified atom stereocenters. The fourth-order valence-corrected chi connectivity index (χ4v) is 1.04. The SMILES string of the molecule is C[C@@H](NS(=O)(=O)C(F)F)C(=O)O. The van der Waals surface area contributed by atoms with E-state index in [1.54, 1.807) is 0 Å². The van der Waals surface area contributed by atoms with Gasteiger partial charge in [-0.25, -0.2) is 8.42 Å². The number of carbonyl (C=O) groups is 1. The van der Waals surface area contributed by atoms with Crippen molar-refractivity contribution in [1.82, 2.24) is 4.72 Å². The Balaban J connectivity index is 4.37. The van der Waals surface area contributed by atoms with Crippen LogP contribution < -0.4 is 4.72 Å². The third kappa shape index (κ3) is 3.09. The monoisotopic (exact) mass is 203 g/mol. The smallest absolute Gasteiger partial charge is 0.350 e. The van der Waals surface area contributed by atoms with Crippen LogP contribution in [0.3, 0.4) is 0 Å². The Morgan fingerprint density at radius 2 is 1.92 bits per heavy atom. The van der Waals surface area contributed by atoms with Gasteiger partial charge in [-0.2, -0.15) is 13.5 Å². The van der Waals surface area contributed by atoms with Gasteiger partial charge in [0.1, 0.15) is 6.04 Å². The lowest BCUT2D eigenvalue weighted by Gasteiger charge is -2.08. The van der Waals surface area contributed by atoms with Crippen LogP contribution in [0.5, 0.6) is 0 Å². The number of alkyl halides is 2. The first-order valence-electron chi connectivity index (χ1n) is 2.79. The molecule has 72 valence electrons. The number of sulfonamides is 1. The van der Waals surface area contributed by atoms with Gasteiger partial charge in [0.25, 0.3) is 10.0 Å². The van der Waals surface area contributed by atoms with Crippen molar-refractivity contribution >= 4 is 16.0 Å². The second-order valence-electron chi connectivity index (χ2n) is 1.98. The second-order valence-corrected chi connectivity index (χ2v) is 3.67. The van der Waals surface area contributed by atoms with E-state index in [1.165, 1.54) is 4.72 Å². The lowest BCUT2D eigenvalue weighted by atomic mass is 10.4. The number of carboxylic acids is 1. The lowest BCUT2D eigenvalue weighted by molar-refractivity contribution is -0.138. The highest BCUT2D eigenvalue weighted by Crippen LogP contribution is 2.02. The van der Waals surface area contributed by atoms with Gasteiger partial charge in [-0.3, -0.25) is 4.79 Å². The molecule has 0 heterocycles. The van der Waals surface area contributed by atoms with Gasteiger partial charge in [0.2, 0.25) is 0 Å². The molecule has 0 bridgehead atoms. The fraction of sp³-hybridized carbons (Fsp3) is 0.750. The van der Waals surface area contributed by atoms with Crippen LogP contribution in [0.1, 0.15) is 6.92 Å². The molecule has 0 aliphatic rings. The van der Waals surface area contributed by atoms with Gasteiger partial charge in [0.15, 0.2) is 0 Å². The fourth-order valence-electron chi connectivity index (χ4n) is 0.348. The standard InChI is InChI=1S/C4H7F2NO4S/c1-2(3(8)9)7-12(10,11)4(5)6/h2,4,7H,1H3,(H,8,9)/t2-/m1/s1. The van der Waals surface area contributed by atoms with Crippen molar-refractivity contribution in [1.29, 1.82) is 0 Å². The Bertz CT molecular complexity index is 262. The zero-order valence-electron chi connectivity index (χ0n) is 5.99. The second kappa shape index (κ2) is 3.76. The molecular weight excluding hydrogens is 196 g/mol. The highest BCUT2D eigenvalue weighted by molar-refractivity contribution is 7.89. The van der Waals surface area contributed by atoms with E-state index >= 15 is 0 Å². The molecule has 12 heavy (non-hydrogen) atoms. The first-order chi connectivity index (χ1) is 5.27. The average Bonchev–Trinajstić information content (AvgIpc) is 1.85. The summed E-state index contributed by atoms with van der Waals surface area (Å²) in [5.41, 5.74) is 0. The van der Waals surface area contributed by atoms with E-state index in [0.29, 0.717) is 0 Å². The lowest BCUT2D eigenvalue weighted by Crippen LogP contribution is -2.41. The third-order valence-corrected chi connectivity index (χ3v) is 2.10. The summed E-state index contributed by atoms with van der Waals surface area (Å²) in [6, 6.07) is -1.55. The van der Waals surface area contributed by atoms with E-state index in [9.17, 15) is 22.0 Å². The van der Waals surface area contributed by atoms with E-state index in [-0.39, 0.29) is 0 Å². The van der Waals surface area contributed by atoms with Gasteiger partial charge >= 0.3 is 11.7 Å². The summed E-state index contributed by atoms with van der Waals surface area (Å²) >= 11 is 0. The molecule has 0 amide bonds. The van der Waals surface area contributed by atoms with Crippen LogP contribution in [0.25, 0.3) is 0 Å². The molecule has 0 saturated heterocycles. The predicted octanol–water partition coefficient (Wildman–Crippen LogP) is -0.398. The van der Waals surface area contributed by atoms with Gasteiger partial charge in [-0.1, -0.05) is 0 Å². The highest BCUT2D eigenvalue weighted by atomic mass is 32.2. The molecule has 0 aromatic carbocycles. The molecule has 5 nitrogen and oxygen atoms in total. The maximum absolute atomic E-state index is 11.6. The number of hydrogen-bond acceptors (Lipinski definition) is 3. The summed E-state index contributed by atoms with van der Waals surface area (Å²) in [4.78, 5) is 10.0. The first-order valence-corrected chi connectivity index (χ1v) is 4.34. The average molecular weight is 203 g/mol.